The fraction of sp³-hybridized carbons (Fsp3) is 0.154. The van der Waals surface area contributed by atoms with Gasteiger partial charge < -0.3 is 10.6 Å². The SMILES string of the molecule is Fc1ccccc1CCNC(=S)Nc1nnccc1Br. The minimum Gasteiger partial charge on any atom is -0.362 e. The van der Waals surface area contributed by atoms with Crippen LogP contribution in [0, 0.1) is 5.82 Å². The Hall–Kier alpha value is -1.60. The highest BCUT2D eigenvalue weighted by Gasteiger charge is 2.04. The van der Waals surface area contributed by atoms with Crippen molar-refractivity contribution >= 4 is 39.1 Å². The molecule has 2 aromatic rings. The van der Waals surface area contributed by atoms with Crippen LogP contribution in [-0.2, 0) is 6.42 Å². The summed E-state index contributed by atoms with van der Waals surface area (Å²) in [5.41, 5.74) is 0.656. The number of rotatable bonds is 4. The second-order valence-corrected chi connectivity index (χ2v) is 5.21. The van der Waals surface area contributed by atoms with Gasteiger partial charge in [0.25, 0.3) is 0 Å². The van der Waals surface area contributed by atoms with Gasteiger partial charge in [0.15, 0.2) is 10.9 Å². The van der Waals surface area contributed by atoms with Gasteiger partial charge in [-0.05, 0) is 52.3 Å². The van der Waals surface area contributed by atoms with Gasteiger partial charge in [0, 0.05) is 6.54 Å². The average molecular weight is 355 g/mol. The lowest BCUT2D eigenvalue weighted by Crippen LogP contribution is -2.30. The van der Waals surface area contributed by atoms with Crippen LogP contribution in [0.5, 0.6) is 0 Å². The summed E-state index contributed by atoms with van der Waals surface area (Å²) in [7, 11) is 0. The van der Waals surface area contributed by atoms with Gasteiger partial charge in [0.05, 0.1) is 10.7 Å². The van der Waals surface area contributed by atoms with Gasteiger partial charge in [-0.1, -0.05) is 18.2 Å². The first-order valence-electron chi connectivity index (χ1n) is 5.92. The molecule has 0 aliphatic carbocycles. The molecule has 0 unspecified atom stereocenters. The Bertz CT molecular complexity index is 608. The van der Waals surface area contributed by atoms with E-state index in [1.807, 2.05) is 6.07 Å². The van der Waals surface area contributed by atoms with E-state index >= 15 is 0 Å². The van der Waals surface area contributed by atoms with Crippen molar-refractivity contribution in [3.05, 3.63) is 52.4 Å². The third-order valence-corrected chi connectivity index (χ3v) is 3.43. The summed E-state index contributed by atoms with van der Waals surface area (Å²) in [6, 6.07) is 8.45. The Balaban J connectivity index is 1.82. The lowest BCUT2D eigenvalue weighted by Gasteiger charge is -2.10. The molecule has 1 aromatic heterocycles. The Labute approximate surface area is 129 Å². The molecule has 0 spiro atoms. The van der Waals surface area contributed by atoms with Crippen molar-refractivity contribution in [2.24, 2.45) is 0 Å². The molecule has 2 N–H and O–H groups in total. The molecule has 0 aliphatic heterocycles. The molecule has 0 aliphatic rings. The zero-order valence-electron chi connectivity index (χ0n) is 10.4. The smallest absolute Gasteiger partial charge is 0.172 e. The van der Waals surface area contributed by atoms with Crippen LogP contribution in [0.15, 0.2) is 41.0 Å². The van der Waals surface area contributed by atoms with E-state index in [-0.39, 0.29) is 5.82 Å². The summed E-state index contributed by atoms with van der Waals surface area (Å²) in [6.45, 7) is 0.532. The number of benzene rings is 1. The summed E-state index contributed by atoms with van der Waals surface area (Å²) in [5, 5.41) is 14.0. The minimum atomic E-state index is -0.204. The van der Waals surface area contributed by atoms with Crippen molar-refractivity contribution in [3.8, 4) is 0 Å². The predicted octanol–water partition coefficient (Wildman–Crippen LogP) is 2.91. The number of nitrogens with one attached hydrogen (secondary N) is 2. The molecule has 0 amide bonds. The number of hydrogen-bond donors (Lipinski definition) is 2. The molecule has 0 saturated heterocycles. The van der Waals surface area contributed by atoms with Crippen molar-refractivity contribution in [2.45, 2.75) is 6.42 Å². The fourth-order valence-corrected chi connectivity index (χ4v) is 2.06. The molecule has 104 valence electrons. The largest absolute Gasteiger partial charge is 0.362 e. The monoisotopic (exact) mass is 354 g/mol. The van der Waals surface area contributed by atoms with Crippen LogP contribution in [0.2, 0.25) is 0 Å². The first-order valence-corrected chi connectivity index (χ1v) is 7.12. The van der Waals surface area contributed by atoms with Crippen LogP contribution >= 0.6 is 28.1 Å². The van der Waals surface area contributed by atoms with E-state index in [0.29, 0.717) is 29.5 Å². The van der Waals surface area contributed by atoms with Crippen molar-refractivity contribution in [2.75, 3.05) is 11.9 Å². The van der Waals surface area contributed by atoms with E-state index in [0.717, 1.165) is 4.47 Å². The maximum Gasteiger partial charge on any atom is 0.172 e. The molecule has 2 rings (SSSR count). The number of thiocarbonyl (C=S) groups is 1. The van der Waals surface area contributed by atoms with Gasteiger partial charge in [-0.25, -0.2) is 4.39 Å². The van der Waals surface area contributed by atoms with Gasteiger partial charge in [0.2, 0.25) is 0 Å². The van der Waals surface area contributed by atoms with Gasteiger partial charge in [-0.2, -0.15) is 5.10 Å². The first kappa shape index (κ1) is 14.8. The van der Waals surface area contributed by atoms with Crippen LogP contribution in [0.25, 0.3) is 0 Å². The number of aromatic nitrogens is 2. The molecule has 0 fully saturated rings. The Morgan fingerprint density at radius 1 is 1.30 bits per heavy atom. The van der Waals surface area contributed by atoms with Crippen LogP contribution in [-0.4, -0.2) is 21.9 Å². The molecule has 7 heteroatoms. The quantitative estimate of drug-likeness (QED) is 0.826. The van der Waals surface area contributed by atoms with Crippen molar-refractivity contribution in [1.82, 2.24) is 15.5 Å². The van der Waals surface area contributed by atoms with Crippen LogP contribution < -0.4 is 10.6 Å². The van der Waals surface area contributed by atoms with Gasteiger partial charge in [-0.15, -0.1) is 5.10 Å². The predicted molar refractivity (Wildman–Crippen MR) is 84.1 cm³/mol. The highest BCUT2D eigenvalue weighted by atomic mass is 79.9. The lowest BCUT2D eigenvalue weighted by atomic mass is 10.1. The Morgan fingerprint density at radius 3 is 2.85 bits per heavy atom. The summed E-state index contributed by atoms with van der Waals surface area (Å²) in [6.07, 6.45) is 2.13. The molecule has 20 heavy (non-hydrogen) atoms. The average Bonchev–Trinajstić information content (AvgIpc) is 2.43. The van der Waals surface area contributed by atoms with Crippen LogP contribution in [0.3, 0.4) is 0 Å². The molecular formula is C13H12BrFN4S. The van der Waals surface area contributed by atoms with Crippen molar-refractivity contribution < 1.29 is 4.39 Å². The van der Waals surface area contributed by atoms with Crippen molar-refractivity contribution in [3.63, 3.8) is 0 Å². The van der Waals surface area contributed by atoms with E-state index in [1.54, 1.807) is 24.4 Å². The third kappa shape index (κ3) is 4.21. The summed E-state index contributed by atoms with van der Waals surface area (Å²) in [4.78, 5) is 0. The Morgan fingerprint density at radius 2 is 2.10 bits per heavy atom. The highest BCUT2D eigenvalue weighted by Crippen LogP contribution is 2.16. The maximum absolute atomic E-state index is 13.4. The number of halogens is 2. The van der Waals surface area contributed by atoms with Crippen LogP contribution in [0.1, 0.15) is 5.56 Å². The number of hydrogen-bond acceptors (Lipinski definition) is 3. The maximum atomic E-state index is 13.4. The molecule has 1 heterocycles. The van der Waals surface area contributed by atoms with Gasteiger partial charge in [-0.3, -0.25) is 0 Å². The summed E-state index contributed by atoms with van der Waals surface area (Å²) >= 11 is 8.48. The normalized spacial score (nSPS) is 10.1. The summed E-state index contributed by atoms with van der Waals surface area (Å²) in [5.74, 6) is 0.334. The third-order valence-electron chi connectivity index (χ3n) is 2.54. The van der Waals surface area contributed by atoms with E-state index < -0.39 is 0 Å². The first-order chi connectivity index (χ1) is 9.66. The summed E-state index contributed by atoms with van der Waals surface area (Å²) < 4.78 is 14.2. The second kappa shape index (κ2) is 7.25. The standard InChI is InChI=1S/C13H12BrFN4S/c14-10-6-8-17-19-12(10)18-13(20)16-7-5-9-3-1-2-4-11(9)15/h1-4,6,8H,5,7H2,(H2,16,18,19,20). The molecule has 4 nitrogen and oxygen atoms in total. The fourth-order valence-electron chi connectivity index (χ4n) is 1.56. The number of nitrogens with zero attached hydrogens (tertiary/aromatic N) is 2. The van der Waals surface area contributed by atoms with E-state index in [9.17, 15) is 4.39 Å². The van der Waals surface area contributed by atoms with E-state index in [4.69, 9.17) is 12.2 Å². The molecule has 0 atom stereocenters. The minimum absolute atomic E-state index is 0.204. The van der Waals surface area contributed by atoms with E-state index in [2.05, 4.69) is 36.8 Å². The molecule has 0 radical (unpaired) electrons. The Kier molecular flexibility index (Phi) is 5.37. The van der Waals surface area contributed by atoms with Gasteiger partial charge >= 0.3 is 0 Å². The zero-order chi connectivity index (χ0) is 14.4. The van der Waals surface area contributed by atoms with Crippen LogP contribution in [0.4, 0.5) is 10.2 Å². The second-order valence-electron chi connectivity index (χ2n) is 3.95. The topological polar surface area (TPSA) is 49.8 Å². The van der Waals surface area contributed by atoms with Crippen molar-refractivity contribution in [1.29, 1.82) is 0 Å². The van der Waals surface area contributed by atoms with E-state index in [1.165, 1.54) is 6.07 Å². The molecule has 0 saturated carbocycles. The molecule has 1 aromatic carbocycles. The van der Waals surface area contributed by atoms with Gasteiger partial charge in [0.1, 0.15) is 5.82 Å². The molecular weight excluding hydrogens is 343 g/mol. The number of anilines is 1. The lowest BCUT2D eigenvalue weighted by molar-refractivity contribution is 0.607. The molecule has 0 bridgehead atoms. The zero-order valence-corrected chi connectivity index (χ0v) is 12.8. The highest BCUT2D eigenvalue weighted by molar-refractivity contribution is 9.10.